The van der Waals surface area contributed by atoms with Gasteiger partial charge in [0.25, 0.3) is 6.43 Å². The van der Waals surface area contributed by atoms with E-state index in [1.165, 1.54) is 0 Å². The lowest BCUT2D eigenvalue weighted by Crippen LogP contribution is -2.36. The van der Waals surface area contributed by atoms with Gasteiger partial charge in [-0.1, -0.05) is 0 Å². The zero-order valence-electron chi connectivity index (χ0n) is 5.72. The van der Waals surface area contributed by atoms with Gasteiger partial charge in [0.05, 0.1) is 6.54 Å². The zero-order chi connectivity index (χ0) is 7.40. The Morgan fingerprint density at radius 3 is 2.40 bits per heavy atom. The summed E-state index contributed by atoms with van der Waals surface area (Å²) in [5.74, 6) is 2.01. The Labute approximate surface area is 63.8 Å². The van der Waals surface area contributed by atoms with E-state index in [-0.39, 0.29) is 6.54 Å². The van der Waals surface area contributed by atoms with Crippen molar-refractivity contribution in [1.82, 2.24) is 4.90 Å². The maximum Gasteiger partial charge on any atom is 0.251 e. The SMILES string of the molecule is FC(F)CN1CCSCC1. The van der Waals surface area contributed by atoms with Gasteiger partial charge in [-0.25, -0.2) is 8.78 Å². The Bertz CT molecular complexity index is 93.7. The van der Waals surface area contributed by atoms with Crippen molar-refractivity contribution in [2.75, 3.05) is 31.1 Å². The summed E-state index contributed by atoms with van der Waals surface area (Å²) >= 11 is 1.84. The summed E-state index contributed by atoms with van der Waals surface area (Å²) in [5.41, 5.74) is 0. The van der Waals surface area contributed by atoms with E-state index in [0.717, 1.165) is 24.6 Å². The molecule has 0 aromatic carbocycles. The van der Waals surface area contributed by atoms with Crippen molar-refractivity contribution < 1.29 is 8.78 Å². The third-order valence-electron chi connectivity index (χ3n) is 1.50. The largest absolute Gasteiger partial charge is 0.296 e. The van der Waals surface area contributed by atoms with E-state index in [9.17, 15) is 8.78 Å². The van der Waals surface area contributed by atoms with Gasteiger partial charge in [-0.05, 0) is 0 Å². The van der Waals surface area contributed by atoms with Crippen LogP contribution in [0, 0.1) is 0 Å². The quantitative estimate of drug-likeness (QED) is 0.610. The molecule has 1 rings (SSSR count). The molecule has 1 nitrogen and oxygen atoms in total. The fourth-order valence-corrected chi connectivity index (χ4v) is 1.96. The number of halogens is 2. The Kier molecular flexibility index (Phi) is 3.42. The molecule has 0 saturated carbocycles. The van der Waals surface area contributed by atoms with E-state index >= 15 is 0 Å². The van der Waals surface area contributed by atoms with Crippen molar-refractivity contribution in [3.05, 3.63) is 0 Å². The van der Waals surface area contributed by atoms with E-state index in [2.05, 4.69) is 0 Å². The van der Waals surface area contributed by atoms with E-state index < -0.39 is 6.43 Å². The van der Waals surface area contributed by atoms with Crippen molar-refractivity contribution in [1.29, 1.82) is 0 Å². The van der Waals surface area contributed by atoms with Crippen LogP contribution in [0.15, 0.2) is 0 Å². The summed E-state index contributed by atoms with van der Waals surface area (Å²) in [5, 5.41) is 0. The average molecular weight is 167 g/mol. The maximum absolute atomic E-state index is 11.8. The number of thioether (sulfide) groups is 1. The fraction of sp³-hybridized carbons (Fsp3) is 1.00. The van der Waals surface area contributed by atoms with E-state index in [1.54, 1.807) is 0 Å². The first-order chi connectivity index (χ1) is 4.79. The predicted octanol–water partition coefficient (Wildman–Crippen LogP) is 1.30. The van der Waals surface area contributed by atoms with Crippen LogP contribution in [0.3, 0.4) is 0 Å². The predicted molar refractivity (Wildman–Crippen MR) is 39.8 cm³/mol. The molecule has 0 spiro atoms. The molecular formula is C6H11F2NS. The van der Waals surface area contributed by atoms with Crippen molar-refractivity contribution >= 4 is 11.8 Å². The summed E-state index contributed by atoms with van der Waals surface area (Å²) in [4.78, 5) is 1.82. The molecular weight excluding hydrogens is 156 g/mol. The first-order valence-electron chi connectivity index (χ1n) is 3.37. The summed E-state index contributed by atoms with van der Waals surface area (Å²) in [6, 6.07) is 0. The maximum atomic E-state index is 11.8. The molecule has 0 aromatic rings. The van der Waals surface area contributed by atoms with Crippen LogP contribution in [0.1, 0.15) is 0 Å². The normalized spacial score (nSPS) is 21.9. The lowest BCUT2D eigenvalue weighted by atomic mass is 10.5. The lowest BCUT2D eigenvalue weighted by molar-refractivity contribution is 0.0932. The van der Waals surface area contributed by atoms with Gasteiger partial charge in [-0.3, -0.25) is 4.90 Å². The van der Waals surface area contributed by atoms with Crippen LogP contribution in [0.5, 0.6) is 0 Å². The molecule has 0 bridgehead atoms. The molecule has 1 heterocycles. The molecule has 1 aliphatic rings. The summed E-state index contributed by atoms with van der Waals surface area (Å²) < 4.78 is 23.5. The van der Waals surface area contributed by atoms with Gasteiger partial charge in [0.2, 0.25) is 0 Å². The highest BCUT2D eigenvalue weighted by atomic mass is 32.2. The number of hydrogen-bond acceptors (Lipinski definition) is 2. The Hall–Kier alpha value is 0.170. The average Bonchev–Trinajstić information content (AvgIpc) is 1.88. The van der Waals surface area contributed by atoms with Crippen LogP contribution >= 0.6 is 11.8 Å². The Morgan fingerprint density at radius 2 is 1.90 bits per heavy atom. The van der Waals surface area contributed by atoms with Crippen molar-refractivity contribution in [3.63, 3.8) is 0 Å². The molecule has 0 amide bonds. The van der Waals surface area contributed by atoms with E-state index in [4.69, 9.17) is 0 Å². The minimum atomic E-state index is -2.16. The van der Waals surface area contributed by atoms with Crippen LogP contribution in [0.2, 0.25) is 0 Å². The molecule has 0 unspecified atom stereocenters. The number of hydrogen-bond donors (Lipinski definition) is 0. The third-order valence-corrected chi connectivity index (χ3v) is 2.44. The first-order valence-corrected chi connectivity index (χ1v) is 4.53. The highest BCUT2D eigenvalue weighted by Crippen LogP contribution is 2.10. The van der Waals surface area contributed by atoms with Gasteiger partial charge < -0.3 is 0 Å². The second-order valence-corrected chi connectivity index (χ2v) is 3.53. The molecule has 0 aliphatic carbocycles. The van der Waals surface area contributed by atoms with E-state index in [0.29, 0.717) is 0 Å². The lowest BCUT2D eigenvalue weighted by Gasteiger charge is -2.25. The van der Waals surface area contributed by atoms with E-state index in [1.807, 2.05) is 16.7 Å². The fourth-order valence-electron chi connectivity index (χ4n) is 0.979. The molecule has 0 radical (unpaired) electrons. The standard InChI is InChI=1S/C6H11F2NS/c7-6(8)5-9-1-3-10-4-2-9/h6H,1-5H2. The number of alkyl halides is 2. The second kappa shape index (κ2) is 4.13. The minimum Gasteiger partial charge on any atom is -0.296 e. The van der Waals surface area contributed by atoms with Crippen molar-refractivity contribution in [2.24, 2.45) is 0 Å². The molecule has 0 aromatic heterocycles. The van der Waals surface area contributed by atoms with Crippen molar-refractivity contribution in [2.45, 2.75) is 6.43 Å². The summed E-state index contributed by atoms with van der Waals surface area (Å²) in [6.45, 7) is 1.62. The van der Waals surface area contributed by atoms with Crippen LogP contribution in [-0.4, -0.2) is 42.5 Å². The number of rotatable bonds is 2. The molecule has 0 N–H and O–H groups in total. The van der Waals surface area contributed by atoms with Crippen LogP contribution in [0.25, 0.3) is 0 Å². The van der Waals surface area contributed by atoms with Gasteiger partial charge in [0.15, 0.2) is 0 Å². The molecule has 1 fully saturated rings. The van der Waals surface area contributed by atoms with Gasteiger partial charge >= 0.3 is 0 Å². The molecule has 4 heteroatoms. The summed E-state index contributed by atoms with van der Waals surface area (Å²) in [6.07, 6.45) is -2.16. The molecule has 1 aliphatic heterocycles. The minimum absolute atomic E-state index is 0.0411. The molecule has 1 saturated heterocycles. The van der Waals surface area contributed by atoms with Gasteiger partial charge in [0.1, 0.15) is 0 Å². The smallest absolute Gasteiger partial charge is 0.251 e. The van der Waals surface area contributed by atoms with Crippen LogP contribution < -0.4 is 0 Å². The number of nitrogens with zero attached hydrogens (tertiary/aromatic N) is 1. The van der Waals surface area contributed by atoms with Gasteiger partial charge in [-0.15, -0.1) is 0 Å². The second-order valence-electron chi connectivity index (χ2n) is 2.30. The van der Waals surface area contributed by atoms with Gasteiger partial charge in [-0.2, -0.15) is 11.8 Å². The van der Waals surface area contributed by atoms with Gasteiger partial charge in [0, 0.05) is 24.6 Å². The van der Waals surface area contributed by atoms with Crippen LogP contribution in [0.4, 0.5) is 8.78 Å². The summed E-state index contributed by atoms with van der Waals surface area (Å²) in [7, 11) is 0. The Morgan fingerprint density at radius 1 is 1.30 bits per heavy atom. The molecule has 0 atom stereocenters. The highest BCUT2D eigenvalue weighted by molar-refractivity contribution is 7.99. The third kappa shape index (κ3) is 2.84. The Balaban J connectivity index is 2.13. The monoisotopic (exact) mass is 167 g/mol. The first kappa shape index (κ1) is 8.27. The highest BCUT2D eigenvalue weighted by Gasteiger charge is 2.14. The van der Waals surface area contributed by atoms with Crippen LogP contribution in [-0.2, 0) is 0 Å². The topological polar surface area (TPSA) is 3.24 Å². The van der Waals surface area contributed by atoms with Crippen molar-refractivity contribution in [3.8, 4) is 0 Å². The molecule has 60 valence electrons. The molecule has 10 heavy (non-hydrogen) atoms. The zero-order valence-corrected chi connectivity index (χ0v) is 6.54.